The average molecular weight is 1120 g/mol. The van der Waals surface area contributed by atoms with E-state index in [0.717, 1.165) is 16.5 Å². The van der Waals surface area contributed by atoms with Gasteiger partial charge in [-0.2, -0.15) is 25.3 Å². The molecule has 6 rings (SSSR count). The Kier molecular flexibility index (Phi) is 22.4. The number of aliphatic hydroxyl groups is 1. The summed E-state index contributed by atoms with van der Waals surface area (Å²) < 4.78 is 0. The van der Waals surface area contributed by atoms with Gasteiger partial charge in [0, 0.05) is 48.4 Å². The van der Waals surface area contributed by atoms with E-state index in [9.17, 15) is 48.6 Å². The summed E-state index contributed by atoms with van der Waals surface area (Å²) >= 11 is 8.69. The summed E-state index contributed by atoms with van der Waals surface area (Å²) in [6.07, 6.45) is 0.782. The van der Waals surface area contributed by atoms with Crippen molar-refractivity contribution < 1.29 is 48.6 Å². The summed E-state index contributed by atoms with van der Waals surface area (Å²) in [4.78, 5) is 115. The number of ketones is 1. The molecule has 418 valence electrons. The van der Waals surface area contributed by atoms with Gasteiger partial charge in [0.1, 0.15) is 42.0 Å². The molecule has 14 N–H and O–H groups in total. The van der Waals surface area contributed by atoms with Crippen molar-refractivity contribution in [1.29, 1.82) is 0 Å². The number of aromatic hydroxyl groups is 1. The Morgan fingerprint density at radius 3 is 1.78 bits per heavy atom. The van der Waals surface area contributed by atoms with Crippen molar-refractivity contribution in [2.75, 3.05) is 23.4 Å². The van der Waals surface area contributed by atoms with E-state index in [2.05, 4.69) is 67.5 Å². The van der Waals surface area contributed by atoms with E-state index in [4.69, 9.17) is 11.5 Å². The quantitative estimate of drug-likeness (QED) is 0.0192. The zero-order valence-electron chi connectivity index (χ0n) is 43.7. The van der Waals surface area contributed by atoms with Gasteiger partial charge >= 0.3 is 0 Å². The average Bonchev–Trinajstić information content (AvgIpc) is 3.89. The summed E-state index contributed by atoms with van der Waals surface area (Å²) in [7, 11) is 0. The molecule has 0 spiro atoms. The van der Waals surface area contributed by atoms with Gasteiger partial charge in [-0.05, 0) is 90.9 Å². The second-order valence-corrected chi connectivity index (χ2v) is 19.9. The number of rotatable bonds is 28. The number of hydrogen-bond acceptors (Lipinski definition) is 14. The van der Waals surface area contributed by atoms with Gasteiger partial charge in [0.25, 0.3) is 0 Å². The van der Waals surface area contributed by atoms with Crippen LogP contribution in [0.5, 0.6) is 5.75 Å². The summed E-state index contributed by atoms with van der Waals surface area (Å²) in [6.45, 7) is 2.79. The highest BCUT2D eigenvalue weighted by Gasteiger charge is 2.36. The van der Waals surface area contributed by atoms with Gasteiger partial charge in [0.15, 0.2) is 5.78 Å². The number of unbranched alkanes of at least 4 members (excludes halogenated alkanes) is 1. The number of carbonyl (C=O) groups is 8. The van der Waals surface area contributed by atoms with Gasteiger partial charge < -0.3 is 63.9 Å². The van der Waals surface area contributed by atoms with Crippen LogP contribution in [0.1, 0.15) is 60.2 Å². The van der Waals surface area contributed by atoms with E-state index in [1.165, 1.54) is 26.0 Å². The first-order valence-corrected chi connectivity index (χ1v) is 27.1. The number of aromatic amines is 1. The SMILES string of the molecule is CC(=O)Nc1ccc2ccccc2c1C(=O)C(CS)NC(=O)[C@@H](NC(=O)C(CCCCN)NC(=O)[C@@H](Cc1c[nH]c2ccccc12)NC(=O)C(Cc1ccc(O)cc1)NC(=O)[C@@H](CS)NC(=O)C(N)Cc1ccccc1)[C@@H](C)O. The van der Waals surface area contributed by atoms with Crippen LogP contribution in [0.4, 0.5) is 5.69 Å². The molecule has 1 aromatic heterocycles. The molecule has 0 saturated heterocycles. The van der Waals surface area contributed by atoms with Crippen molar-refractivity contribution in [2.45, 2.75) is 101 Å². The zero-order valence-corrected chi connectivity index (χ0v) is 45.5. The lowest BCUT2D eigenvalue weighted by atomic mass is 9.95. The molecule has 0 bridgehead atoms. The normalized spacial score (nSPS) is 14.3. The van der Waals surface area contributed by atoms with Gasteiger partial charge in [-0.25, -0.2) is 0 Å². The molecular weight excluding hydrogens is 1050 g/mol. The second-order valence-electron chi connectivity index (χ2n) is 19.2. The standard InChI is InChI=1S/C57H68N10O10S2/c1-32(68)50(57(77)65-47(30-78)51(71)49-40-16-7-6-14-36(40)21-24-43(49)61-33(2)69)67-53(73)44(18-10-11-25-58)62-55(75)46(28-37-29-60-42-17-9-8-15-39(37)42)64-54(74)45(27-35-19-22-38(70)23-20-35)63-56(76)48(31-79)66-52(72)41(59)26-34-12-4-3-5-13-34/h3-9,12-17,19-24,29,32,41,44-48,50,60,68,70,78-79H,10-11,18,25-28,30-31,58-59H2,1-2H3,(H,61,69)(H,62,75)(H,63,76)(H,64,74)(H,65,77)(H,66,72)(H,67,73)/t32-,41?,44?,45?,46-,47?,48-,50+/m1/s1. The molecule has 22 heteroatoms. The molecule has 20 nitrogen and oxygen atoms in total. The fraction of sp³-hybridized carbons (Fsp3) is 0.333. The number of benzene rings is 5. The fourth-order valence-electron chi connectivity index (χ4n) is 8.94. The number of fused-ring (bicyclic) bond motifs is 2. The van der Waals surface area contributed by atoms with Crippen LogP contribution in [0.15, 0.2) is 121 Å². The fourth-order valence-corrected chi connectivity index (χ4v) is 9.45. The minimum Gasteiger partial charge on any atom is -0.508 e. The number of aliphatic hydroxyl groups excluding tert-OH is 1. The van der Waals surface area contributed by atoms with Gasteiger partial charge in [0.2, 0.25) is 41.4 Å². The number of carbonyl (C=O) groups excluding carboxylic acids is 8. The highest BCUT2D eigenvalue weighted by Crippen LogP contribution is 2.28. The minimum atomic E-state index is -1.67. The van der Waals surface area contributed by atoms with E-state index in [1.54, 1.807) is 60.8 Å². The Morgan fingerprint density at radius 2 is 1.14 bits per heavy atom. The monoisotopic (exact) mass is 1120 g/mol. The number of hydrogen-bond donors (Lipinski definition) is 14. The minimum absolute atomic E-state index is 0.00713. The molecule has 0 aliphatic heterocycles. The Morgan fingerprint density at radius 1 is 0.582 bits per heavy atom. The molecule has 0 saturated carbocycles. The first-order valence-electron chi connectivity index (χ1n) is 25.8. The Bertz CT molecular complexity index is 3110. The summed E-state index contributed by atoms with van der Waals surface area (Å²) in [6, 6.07) is 23.1. The Hall–Kier alpha value is -7.76. The number of Topliss-reactive ketones (excluding diaryl/α,β-unsaturated/α-hetero) is 1. The highest BCUT2D eigenvalue weighted by atomic mass is 32.1. The van der Waals surface area contributed by atoms with Crippen LogP contribution in [-0.4, -0.2) is 129 Å². The van der Waals surface area contributed by atoms with E-state index < -0.39 is 95.5 Å². The van der Waals surface area contributed by atoms with Crippen LogP contribution in [0.3, 0.4) is 0 Å². The molecular formula is C57H68N10O10S2. The van der Waals surface area contributed by atoms with Crippen molar-refractivity contribution in [1.82, 2.24) is 36.9 Å². The van der Waals surface area contributed by atoms with Crippen LogP contribution in [0.2, 0.25) is 0 Å². The number of aromatic nitrogens is 1. The Labute approximate surface area is 468 Å². The van der Waals surface area contributed by atoms with Crippen molar-refractivity contribution in [2.24, 2.45) is 11.5 Å². The first kappa shape index (κ1) is 60.5. The van der Waals surface area contributed by atoms with Crippen LogP contribution in [0, 0.1) is 0 Å². The maximum atomic E-state index is 14.8. The van der Waals surface area contributed by atoms with Crippen molar-refractivity contribution >= 4 is 99.8 Å². The zero-order chi connectivity index (χ0) is 57.2. The van der Waals surface area contributed by atoms with Crippen LogP contribution >= 0.6 is 25.3 Å². The number of nitrogens with two attached hydrogens (primary N) is 2. The predicted octanol–water partition coefficient (Wildman–Crippen LogP) is 2.50. The van der Waals surface area contributed by atoms with E-state index in [-0.39, 0.29) is 60.7 Å². The van der Waals surface area contributed by atoms with E-state index in [0.29, 0.717) is 34.7 Å². The number of para-hydroxylation sites is 1. The third-order valence-electron chi connectivity index (χ3n) is 13.1. The summed E-state index contributed by atoms with van der Waals surface area (Å²) in [5.41, 5.74) is 15.0. The smallest absolute Gasteiger partial charge is 0.245 e. The molecule has 7 amide bonds. The molecule has 79 heavy (non-hydrogen) atoms. The van der Waals surface area contributed by atoms with E-state index in [1.807, 2.05) is 48.5 Å². The first-order chi connectivity index (χ1) is 37.9. The maximum Gasteiger partial charge on any atom is 0.245 e. The van der Waals surface area contributed by atoms with Crippen molar-refractivity contribution in [3.63, 3.8) is 0 Å². The number of phenols is 1. The van der Waals surface area contributed by atoms with Gasteiger partial charge in [0.05, 0.1) is 23.4 Å². The lowest BCUT2D eigenvalue weighted by Crippen LogP contribution is -2.61. The maximum absolute atomic E-state index is 14.8. The lowest BCUT2D eigenvalue weighted by Gasteiger charge is -2.28. The number of H-pyrrole nitrogens is 1. The predicted molar refractivity (Wildman–Crippen MR) is 308 cm³/mol. The molecule has 0 aliphatic carbocycles. The molecule has 6 aromatic rings. The Balaban J connectivity index is 1.25. The van der Waals surface area contributed by atoms with E-state index >= 15 is 0 Å². The molecule has 5 aromatic carbocycles. The number of amides is 7. The van der Waals surface area contributed by atoms with Crippen LogP contribution < -0.4 is 48.7 Å². The molecule has 8 atom stereocenters. The van der Waals surface area contributed by atoms with Crippen molar-refractivity contribution in [3.8, 4) is 5.75 Å². The molecule has 0 aliphatic rings. The topological polar surface area (TPSA) is 329 Å². The number of nitrogens with one attached hydrogen (secondary N) is 8. The molecule has 1 heterocycles. The number of phenolic OH excluding ortho intramolecular Hbond substituents is 1. The molecule has 0 fully saturated rings. The number of anilines is 1. The second kappa shape index (κ2) is 29.3. The highest BCUT2D eigenvalue weighted by molar-refractivity contribution is 7.80. The van der Waals surface area contributed by atoms with Gasteiger partial charge in [-0.15, -0.1) is 0 Å². The lowest BCUT2D eigenvalue weighted by molar-refractivity contribution is -0.136. The van der Waals surface area contributed by atoms with Gasteiger partial charge in [-0.3, -0.25) is 38.4 Å². The summed E-state index contributed by atoms with van der Waals surface area (Å²) in [5, 5.41) is 41.7. The van der Waals surface area contributed by atoms with Crippen LogP contribution in [0.25, 0.3) is 21.7 Å². The third kappa shape index (κ3) is 16.9. The van der Waals surface area contributed by atoms with Crippen molar-refractivity contribution in [3.05, 3.63) is 144 Å². The molecule has 4 unspecified atom stereocenters. The summed E-state index contributed by atoms with van der Waals surface area (Å²) in [5.74, 6) is -6.41. The number of thiol groups is 2. The molecule has 0 radical (unpaired) electrons. The largest absolute Gasteiger partial charge is 0.508 e. The van der Waals surface area contributed by atoms with Gasteiger partial charge in [-0.1, -0.05) is 91.0 Å². The van der Waals surface area contributed by atoms with Crippen LogP contribution in [-0.2, 0) is 52.8 Å². The third-order valence-corrected chi connectivity index (χ3v) is 13.9.